The van der Waals surface area contributed by atoms with Crippen LogP contribution in [0, 0.1) is 5.92 Å². The van der Waals surface area contributed by atoms with Crippen molar-refractivity contribution in [2.45, 2.75) is 12.5 Å². The van der Waals surface area contributed by atoms with Crippen LogP contribution < -0.4 is 4.90 Å². The van der Waals surface area contributed by atoms with E-state index in [2.05, 4.69) is 14.9 Å². The van der Waals surface area contributed by atoms with Gasteiger partial charge in [0.2, 0.25) is 5.95 Å². The van der Waals surface area contributed by atoms with E-state index < -0.39 is 0 Å². The number of rotatable bonds is 1. The van der Waals surface area contributed by atoms with Crippen LogP contribution in [0.4, 0.5) is 10.7 Å². The predicted octanol–water partition coefficient (Wildman–Crippen LogP) is 0.456. The molecule has 0 spiro atoms. The molecule has 3 aliphatic heterocycles. The van der Waals surface area contributed by atoms with Crippen molar-refractivity contribution in [2.75, 3.05) is 64.0 Å². The maximum absolute atomic E-state index is 12.7. The minimum absolute atomic E-state index is 0.0902. The monoisotopic (exact) mass is 347 g/mol. The summed E-state index contributed by atoms with van der Waals surface area (Å²) >= 11 is 0. The van der Waals surface area contributed by atoms with Crippen molar-refractivity contribution < 1.29 is 14.3 Å². The standard InChI is InChI=1S/C17H25N5O3/c23-17(20-6-9-24-10-7-20)22-5-2-14-12-21(8-11-25-15(14)13-22)16-18-3-1-4-19-16/h1,3-4,14-15H,2,5-13H2. The zero-order valence-electron chi connectivity index (χ0n) is 14.4. The second kappa shape index (κ2) is 7.53. The summed E-state index contributed by atoms with van der Waals surface area (Å²) in [5.74, 6) is 1.17. The Morgan fingerprint density at radius 1 is 1.00 bits per heavy atom. The van der Waals surface area contributed by atoms with Crippen molar-refractivity contribution in [2.24, 2.45) is 5.92 Å². The lowest BCUT2D eigenvalue weighted by Crippen LogP contribution is -2.54. The largest absolute Gasteiger partial charge is 0.378 e. The van der Waals surface area contributed by atoms with Crippen LogP contribution >= 0.6 is 0 Å². The van der Waals surface area contributed by atoms with Gasteiger partial charge in [0.25, 0.3) is 0 Å². The van der Waals surface area contributed by atoms with Gasteiger partial charge >= 0.3 is 6.03 Å². The first-order valence-corrected chi connectivity index (χ1v) is 9.06. The molecule has 0 N–H and O–H groups in total. The van der Waals surface area contributed by atoms with E-state index in [1.54, 1.807) is 12.4 Å². The number of fused-ring (bicyclic) bond motifs is 1. The Hall–Kier alpha value is -1.93. The van der Waals surface area contributed by atoms with Crippen LogP contribution in [-0.2, 0) is 9.47 Å². The molecule has 8 nitrogen and oxygen atoms in total. The van der Waals surface area contributed by atoms with Gasteiger partial charge in [-0.3, -0.25) is 0 Å². The van der Waals surface area contributed by atoms with Gasteiger partial charge in [-0.15, -0.1) is 0 Å². The van der Waals surface area contributed by atoms with Gasteiger partial charge in [-0.1, -0.05) is 0 Å². The summed E-state index contributed by atoms with van der Waals surface area (Å²) < 4.78 is 11.4. The first-order valence-electron chi connectivity index (χ1n) is 9.06. The molecule has 0 bridgehead atoms. The molecule has 0 radical (unpaired) electrons. The second-order valence-corrected chi connectivity index (χ2v) is 6.78. The average molecular weight is 347 g/mol. The lowest BCUT2D eigenvalue weighted by Gasteiger charge is -2.40. The summed E-state index contributed by atoms with van der Waals surface area (Å²) in [5, 5.41) is 0. The molecule has 0 aliphatic carbocycles. The molecule has 0 saturated carbocycles. The van der Waals surface area contributed by atoms with E-state index in [0.717, 1.165) is 32.0 Å². The Bertz CT molecular complexity index is 581. The number of piperidine rings is 1. The molecule has 3 fully saturated rings. The van der Waals surface area contributed by atoms with Crippen molar-refractivity contribution >= 4 is 12.0 Å². The van der Waals surface area contributed by atoms with Gasteiger partial charge in [0.05, 0.1) is 25.9 Å². The van der Waals surface area contributed by atoms with Gasteiger partial charge in [-0.05, 0) is 12.5 Å². The summed E-state index contributed by atoms with van der Waals surface area (Å²) in [6.07, 6.45) is 4.58. The van der Waals surface area contributed by atoms with Crippen molar-refractivity contribution in [3.8, 4) is 0 Å². The molecule has 3 aliphatic rings. The molecule has 1 aromatic rings. The maximum atomic E-state index is 12.7. The normalized spacial score (nSPS) is 27.6. The number of urea groups is 1. The molecule has 25 heavy (non-hydrogen) atoms. The molecule has 1 aromatic heterocycles. The van der Waals surface area contributed by atoms with Crippen molar-refractivity contribution in [1.82, 2.24) is 19.8 Å². The SMILES string of the molecule is O=C(N1CCOCC1)N1CCC2CN(c3ncccn3)CCOC2C1. The third kappa shape index (κ3) is 3.69. The highest BCUT2D eigenvalue weighted by atomic mass is 16.5. The van der Waals surface area contributed by atoms with Crippen LogP contribution in [0.25, 0.3) is 0 Å². The van der Waals surface area contributed by atoms with E-state index >= 15 is 0 Å². The van der Waals surface area contributed by atoms with E-state index in [-0.39, 0.29) is 12.1 Å². The predicted molar refractivity (Wildman–Crippen MR) is 91.5 cm³/mol. The summed E-state index contributed by atoms with van der Waals surface area (Å²) in [6, 6.07) is 1.95. The van der Waals surface area contributed by atoms with E-state index in [1.165, 1.54) is 0 Å². The van der Waals surface area contributed by atoms with Crippen molar-refractivity contribution in [3.05, 3.63) is 18.5 Å². The minimum Gasteiger partial charge on any atom is -0.378 e. The number of amides is 2. The van der Waals surface area contributed by atoms with Gasteiger partial charge < -0.3 is 24.2 Å². The molecular formula is C17H25N5O3. The quantitative estimate of drug-likeness (QED) is 0.735. The first-order chi connectivity index (χ1) is 12.3. The first kappa shape index (κ1) is 16.5. The lowest BCUT2D eigenvalue weighted by molar-refractivity contribution is -0.0200. The fourth-order valence-electron chi connectivity index (χ4n) is 3.82. The molecule has 3 saturated heterocycles. The van der Waals surface area contributed by atoms with Crippen molar-refractivity contribution in [1.29, 1.82) is 0 Å². The molecule has 4 heterocycles. The average Bonchev–Trinajstić information content (AvgIpc) is 2.90. The Morgan fingerprint density at radius 2 is 1.80 bits per heavy atom. The third-order valence-corrected chi connectivity index (χ3v) is 5.23. The number of carbonyl (C=O) groups excluding carboxylic acids is 1. The van der Waals surface area contributed by atoms with Gasteiger partial charge in [-0.25, -0.2) is 14.8 Å². The Kier molecular flexibility index (Phi) is 4.98. The van der Waals surface area contributed by atoms with Crippen molar-refractivity contribution in [3.63, 3.8) is 0 Å². The van der Waals surface area contributed by atoms with E-state index in [1.807, 2.05) is 15.9 Å². The number of likely N-dealkylation sites (tertiary alicyclic amines) is 1. The Labute approximate surface area is 147 Å². The summed E-state index contributed by atoms with van der Waals surface area (Å²) in [6.45, 7) is 6.39. The summed E-state index contributed by atoms with van der Waals surface area (Å²) in [7, 11) is 0. The second-order valence-electron chi connectivity index (χ2n) is 6.78. The van der Waals surface area contributed by atoms with Gasteiger partial charge in [0.15, 0.2) is 0 Å². The minimum atomic E-state index is 0.0902. The molecule has 2 atom stereocenters. The summed E-state index contributed by atoms with van der Waals surface area (Å²) in [4.78, 5) is 27.5. The number of hydrogen-bond acceptors (Lipinski definition) is 6. The molecule has 4 rings (SSSR count). The number of morpholine rings is 1. The number of aromatic nitrogens is 2. The smallest absolute Gasteiger partial charge is 0.320 e. The number of carbonyl (C=O) groups is 1. The van der Waals surface area contributed by atoms with Gasteiger partial charge in [0.1, 0.15) is 0 Å². The molecular weight excluding hydrogens is 322 g/mol. The number of nitrogens with zero attached hydrogens (tertiary/aromatic N) is 5. The van der Waals surface area contributed by atoms with Crippen LogP contribution in [0.2, 0.25) is 0 Å². The van der Waals surface area contributed by atoms with Crippen LogP contribution in [-0.4, -0.2) is 91.0 Å². The molecule has 2 amide bonds. The van der Waals surface area contributed by atoms with Crippen LogP contribution in [0.1, 0.15) is 6.42 Å². The third-order valence-electron chi connectivity index (χ3n) is 5.23. The van der Waals surface area contributed by atoms with Crippen LogP contribution in [0.3, 0.4) is 0 Å². The van der Waals surface area contributed by atoms with E-state index in [4.69, 9.17) is 9.47 Å². The molecule has 136 valence electrons. The molecule has 2 unspecified atom stereocenters. The number of hydrogen-bond donors (Lipinski definition) is 0. The lowest BCUT2D eigenvalue weighted by atomic mass is 9.93. The number of ether oxygens (including phenoxy) is 2. The van der Waals surface area contributed by atoms with Crippen LogP contribution in [0.5, 0.6) is 0 Å². The molecule has 8 heteroatoms. The van der Waals surface area contributed by atoms with Crippen LogP contribution in [0.15, 0.2) is 18.5 Å². The topological polar surface area (TPSA) is 71.0 Å². The highest BCUT2D eigenvalue weighted by molar-refractivity contribution is 5.74. The Morgan fingerprint density at radius 3 is 2.60 bits per heavy atom. The number of anilines is 1. The fourth-order valence-corrected chi connectivity index (χ4v) is 3.82. The maximum Gasteiger partial charge on any atom is 0.320 e. The zero-order chi connectivity index (χ0) is 17.1. The van der Waals surface area contributed by atoms with Gasteiger partial charge in [-0.2, -0.15) is 0 Å². The van der Waals surface area contributed by atoms with E-state index in [9.17, 15) is 4.79 Å². The highest BCUT2D eigenvalue weighted by Crippen LogP contribution is 2.26. The molecule has 0 aromatic carbocycles. The zero-order valence-corrected chi connectivity index (χ0v) is 14.4. The van der Waals surface area contributed by atoms with E-state index in [0.29, 0.717) is 45.4 Å². The highest BCUT2D eigenvalue weighted by Gasteiger charge is 2.36. The Balaban J connectivity index is 1.38. The summed E-state index contributed by atoms with van der Waals surface area (Å²) in [5.41, 5.74) is 0. The fraction of sp³-hybridized carbons (Fsp3) is 0.706. The van der Waals surface area contributed by atoms with Gasteiger partial charge in [0, 0.05) is 57.6 Å².